The molecular formula is C14H24O2. The van der Waals surface area contributed by atoms with Crippen LogP contribution in [0.1, 0.15) is 46.0 Å². The summed E-state index contributed by atoms with van der Waals surface area (Å²) in [7, 11) is 1.47. The number of hydrogen-bond donors (Lipinski definition) is 0. The molecule has 1 fully saturated rings. The second kappa shape index (κ2) is 5.51. The lowest BCUT2D eigenvalue weighted by molar-refractivity contribution is -0.146. The molecule has 3 atom stereocenters. The Morgan fingerprint density at radius 1 is 1.56 bits per heavy atom. The quantitative estimate of drug-likeness (QED) is 0.539. The Labute approximate surface area is 99.1 Å². The number of esters is 1. The molecule has 1 rings (SSSR count). The van der Waals surface area contributed by atoms with Crippen LogP contribution in [-0.2, 0) is 9.53 Å². The molecule has 0 saturated heterocycles. The first kappa shape index (κ1) is 13.3. The SMILES string of the molecule is C=CC[C@@H]1CCC[C@@H](C)[C@]1(C)CC(=O)OC. The second-order valence-electron chi connectivity index (χ2n) is 5.31. The lowest BCUT2D eigenvalue weighted by Gasteiger charge is -2.45. The Hall–Kier alpha value is -0.790. The van der Waals surface area contributed by atoms with Gasteiger partial charge in [-0.2, -0.15) is 0 Å². The van der Waals surface area contributed by atoms with Crippen molar-refractivity contribution in [3.05, 3.63) is 12.7 Å². The minimum Gasteiger partial charge on any atom is -0.469 e. The molecule has 0 aromatic heterocycles. The normalized spacial score (nSPS) is 34.4. The Bertz CT molecular complexity index is 259. The van der Waals surface area contributed by atoms with Crippen molar-refractivity contribution in [1.29, 1.82) is 0 Å². The highest BCUT2D eigenvalue weighted by molar-refractivity contribution is 5.70. The van der Waals surface area contributed by atoms with E-state index in [1.54, 1.807) is 0 Å². The van der Waals surface area contributed by atoms with Crippen LogP contribution >= 0.6 is 0 Å². The van der Waals surface area contributed by atoms with Crippen molar-refractivity contribution in [1.82, 2.24) is 0 Å². The minimum absolute atomic E-state index is 0.0784. The smallest absolute Gasteiger partial charge is 0.306 e. The first-order valence-electron chi connectivity index (χ1n) is 6.22. The maximum atomic E-state index is 11.5. The van der Waals surface area contributed by atoms with Crippen LogP contribution in [0, 0.1) is 17.3 Å². The van der Waals surface area contributed by atoms with Crippen molar-refractivity contribution in [2.45, 2.75) is 46.0 Å². The van der Waals surface area contributed by atoms with Crippen LogP contribution in [0.25, 0.3) is 0 Å². The average molecular weight is 224 g/mol. The Kier molecular flexibility index (Phi) is 4.57. The zero-order valence-corrected chi connectivity index (χ0v) is 10.8. The van der Waals surface area contributed by atoms with Gasteiger partial charge in [-0.1, -0.05) is 32.8 Å². The van der Waals surface area contributed by atoms with E-state index >= 15 is 0 Å². The predicted molar refractivity (Wildman–Crippen MR) is 66.1 cm³/mol. The molecule has 0 bridgehead atoms. The molecular weight excluding hydrogens is 200 g/mol. The van der Waals surface area contributed by atoms with Gasteiger partial charge in [0.2, 0.25) is 0 Å². The fraction of sp³-hybridized carbons (Fsp3) is 0.786. The van der Waals surface area contributed by atoms with Gasteiger partial charge in [-0.05, 0) is 30.1 Å². The molecule has 0 aromatic carbocycles. The molecule has 0 aliphatic heterocycles. The minimum atomic E-state index is -0.0784. The van der Waals surface area contributed by atoms with E-state index in [1.165, 1.54) is 26.4 Å². The molecule has 0 unspecified atom stereocenters. The molecule has 2 nitrogen and oxygen atoms in total. The molecule has 1 aliphatic rings. The zero-order chi connectivity index (χ0) is 12.2. The van der Waals surface area contributed by atoms with Gasteiger partial charge in [0.15, 0.2) is 0 Å². The van der Waals surface area contributed by atoms with Gasteiger partial charge in [0.1, 0.15) is 0 Å². The molecule has 92 valence electrons. The summed E-state index contributed by atoms with van der Waals surface area (Å²) in [6.07, 6.45) is 7.25. The van der Waals surface area contributed by atoms with Gasteiger partial charge >= 0.3 is 5.97 Å². The molecule has 0 spiro atoms. The van der Waals surface area contributed by atoms with E-state index in [-0.39, 0.29) is 11.4 Å². The van der Waals surface area contributed by atoms with Crippen molar-refractivity contribution in [3.63, 3.8) is 0 Å². The summed E-state index contributed by atoms with van der Waals surface area (Å²) in [4.78, 5) is 11.5. The lowest BCUT2D eigenvalue weighted by atomic mass is 9.59. The standard InChI is InChI=1S/C14H24O2/c1-5-7-12-9-6-8-11(2)14(12,3)10-13(15)16-4/h5,11-12H,1,6-10H2,2-4H3/t11-,12-,14+/m1/s1. The summed E-state index contributed by atoms with van der Waals surface area (Å²) in [5.74, 6) is 1.09. The summed E-state index contributed by atoms with van der Waals surface area (Å²) in [5, 5.41) is 0. The fourth-order valence-electron chi connectivity index (χ4n) is 3.02. The van der Waals surface area contributed by atoms with Crippen LogP contribution in [-0.4, -0.2) is 13.1 Å². The van der Waals surface area contributed by atoms with Gasteiger partial charge in [0.25, 0.3) is 0 Å². The highest BCUT2D eigenvalue weighted by Gasteiger charge is 2.42. The number of hydrogen-bond acceptors (Lipinski definition) is 2. The van der Waals surface area contributed by atoms with E-state index < -0.39 is 0 Å². The number of methoxy groups -OCH3 is 1. The summed E-state index contributed by atoms with van der Waals surface area (Å²) in [6, 6.07) is 0. The number of allylic oxidation sites excluding steroid dienone is 1. The average Bonchev–Trinajstić information content (AvgIpc) is 2.25. The molecule has 1 aliphatic carbocycles. The first-order valence-corrected chi connectivity index (χ1v) is 6.22. The van der Waals surface area contributed by atoms with Crippen LogP contribution in [0.15, 0.2) is 12.7 Å². The van der Waals surface area contributed by atoms with Gasteiger partial charge in [-0.15, -0.1) is 6.58 Å². The second-order valence-corrected chi connectivity index (χ2v) is 5.31. The monoisotopic (exact) mass is 224 g/mol. The largest absolute Gasteiger partial charge is 0.469 e. The van der Waals surface area contributed by atoms with Gasteiger partial charge < -0.3 is 4.74 Å². The van der Waals surface area contributed by atoms with Crippen LogP contribution in [0.5, 0.6) is 0 Å². The number of carbonyl (C=O) groups is 1. The van der Waals surface area contributed by atoms with Crippen molar-refractivity contribution in [2.75, 3.05) is 7.11 Å². The third kappa shape index (κ3) is 2.66. The summed E-state index contributed by atoms with van der Waals surface area (Å²) in [6.45, 7) is 8.33. The number of ether oxygens (including phenoxy) is 1. The van der Waals surface area contributed by atoms with E-state index in [1.807, 2.05) is 6.08 Å². The highest BCUT2D eigenvalue weighted by Crippen LogP contribution is 2.49. The van der Waals surface area contributed by atoms with E-state index in [2.05, 4.69) is 20.4 Å². The van der Waals surface area contributed by atoms with Gasteiger partial charge in [-0.3, -0.25) is 4.79 Å². The summed E-state index contributed by atoms with van der Waals surface area (Å²) < 4.78 is 4.83. The number of carbonyl (C=O) groups excluding carboxylic acids is 1. The van der Waals surface area contributed by atoms with Gasteiger partial charge in [-0.25, -0.2) is 0 Å². The van der Waals surface area contributed by atoms with E-state index in [0.29, 0.717) is 18.3 Å². The third-order valence-electron chi connectivity index (χ3n) is 4.45. The van der Waals surface area contributed by atoms with Crippen molar-refractivity contribution in [2.24, 2.45) is 17.3 Å². The Morgan fingerprint density at radius 3 is 2.81 bits per heavy atom. The molecule has 16 heavy (non-hydrogen) atoms. The van der Waals surface area contributed by atoms with E-state index in [0.717, 1.165) is 6.42 Å². The molecule has 1 saturated carbocycles. The molecule has 0 N–H and O–H groups in total. The van der Waals surface area contributed by atoms with Crippen LogP contribution < -0.4 is 0 Å². The van der Waals surface area contributed by atoms with Crippen LogP contribution in [0.4, 0.5) is 0 Å². The molecule has 0 aromatic rings. The van der Waals surface area contributed by atoms with Crippen molar-refractivity contribution >= 4 is 5.97 Å². The Balaban J connectivity index is 2.81. The molecule has 0 heterocycles. The molecule has 0 amide bonds. The van der Waals surface area contributed by atoms with Crippen LogP contribution in [0.3, 0.4) is 0 Å². The van der Waals surface area contributed by atoms with Gasteiger partial charge in [0, 0.05) is 0 Å². The maximum absolute atomic E-state index is 11.5. The van der Waals surface area contributed by atoms with Gasteiger partial charge in [0.05, 0.1) is 13.5 Å². The van der Waals surface area contributed by atoms with E-state index in [4.69, 9.17) is 4.74 Å². The summed E-state index contributed by atoms with van der Waals surface area (Å²) >= 11 is 0. The predicted octanol–water partition coefficient (Wildman–Crippen LogP) is 3.57. The Morgan fingerprint density at radius 2 is 2.25 bits per heavy atom. The first-order chi connectivity index (χ1) is 7.54. The number of rotatable bonds is 4. The maximum Gasteiger partial charge on any atom is 0.306 e. The topological polar surface area (TPSA) is 26.3 Å². The van der Waals surface area contributed by atoms with E-state index in [9.17, 15) is 4.79 Å². The van der Waals surface area contributed by atoms with Crippen molar-refractivity contribution in [3.8, 4) is 0 Å². The van der Waals surface area contributed by atoms with Crippen LogP contribution in [0.2, 0.25) is 0 Å². The van der Waals surface area contributed by atoms with Crippen molar-refractivity contribution < 1.29 is 9.53 Å². The highest BCUT2D eigenvalue weighted by atomic mass is 16.5. The third-order valence-corrected chi connectivity index (χ3v) is 4.45. The molecule has 2 heteroatoms. The fourth-order valence-corrected chi connectivity index (χ4v) is 3.02. The lowest BCUT2D eigenvalue weighted by Crippen LogP contribution is -2.39. The molecule has 0 radical (unpaired) electrons. The summed E-state index contributed by atoms with van der Waals surface area (Å²) in [5.41, 5.74) is 0.0829. The zero-order valence-electron chi connectivity index (χ0n) is 10.8.